The van der Waals surface area contributed by atoms with Crippen molar-refractivity contribution < 1.29 is 28.4 Å². The van der Waals surface area contributed by atoms with Gasteiger partial charge in [0.05, 0.1) is 6.61 Å². The molecule has 0 bridgehead atoms. The van der Waals surface area contributed by atoms with Gasteiger partial charge < -0.3 is 28.4 Å². The van der Waals surface area contributed by atoms with Gasteiger partial charge in [0.15, 0.2) is 17.9 Å². The minimum atomic E-state index is -0.647. The molecular weight excluding hydrogens is 300 g/mol. The SMILES string of the molecule is CC(C)CCO[C@@H]1[C@H]2OC(C)(C)O[C@H]2O[C@@H]1C1COC(C)(C)O1. The zero-order chi connectivity index (χ0) is 16.8. The molecule has 3 aliphatic rings. The average molecular weight is 330 g/mol. The molecule has 0 aromatic rings. The topological polar surface area (TPSA) is 55.4 Å². The number of fused-ring (bicyclic) bond motifs is 1. The van der Waals surface area contributed by atoms with Crippen LogP contribution in [0, 0.1) is 5.92 Å². The maximum Gasteiger partial charge on any atom is 0.190 e. The Kier molecular flexibility index (Phi) is 4.77. The van der Waals surface area contributed by atoms with E-state index in [4.69, 9.17) is 28.4 Å². The summed E-state index contributed by atoms with van der Waals surface area (Å²) in [5, 5.41) is 0. The largest absolute Gasteiger partial charge is 0.372 e. The first kappa shape index (κ1) is 17.6. The molecule has 0 aromatic carbocycles. The summed E-state index contributed by atoms with van der Waals surface area (Å²) in [6.07, 6.45) is -0.257. The Morgan fingerprint density at radius 1 is 1.00 bits per heavy atom. The summed E-state index contributed by atoms with van der Waals surface area (Å²) in [5.74, 6) is -0.643. The number of rotatable bonds is 5. The van der Waals surface area contributed by atoms with Crippen LogP contribution >= 0.6 is 0 Å². The molecule has 0 N–H and O–H groups in total. The molecule has 0 amide bonds. The van der Waals surface area contributed by atoms with Crippen LogP contribution < -0.4 is 0 Å². The summed E-state index contributed by atoms with van der Waals surface area (Å²) in [4.78, 5) is 0. The van der Waals surface area contributed by atoms with E-state index in [1.165, 1.54) is 0 Å². The van der Waals surface area contributed by atoms with Crippen molar-refractivity contribution in [3.63, 3.8) is 0 Å². The van der Waals surface area contributed by atoms with Crippen molar-refractivity contribution in [2.24, 2.45) is 5.92 Å². The predicted octanol–water partition coefficient (Wildman–Crippen LogP) is 2.45. The molecule has 3 aliphatic heterocycles. The Bertz CT molecular complexity index is 421. The predicted molar refractivity (Wildman–Crippen MR) is 82.8 cm³/mol. The second-order valence-corrected chi connectivity index (χ2v) is 7.95. The smallest absolute Gasteiger partial charge is 0.190 e. The Morgan fingerprint density at radius 2 is 1.74 bits per heavy atom. The third-order valence-electron chi connectivity index (χ3n) is 4.43. The molecule has 134 valence electrons. The molecule has 0 aliphatic carbocycles. The van der Waals surface area contributed by atoms with Gasteiger partial charge in [-0.2, -0.15) is 0 Å². The molecule has 0 saturated carbocycles. The standard InChI is InChI=1S/C17H30O6/c1-10(2)7-8-18-13-12(11-9-19-16(3,4)21-11)20-15-14(13)22-17(5,6)23-15/h10-15H,7-9H2,1-6H3/t11?,12-,13+,14-,15-/m1/s1. The van der Waals surface area contributed by atoms with Crippen LogP contribution in [0.2, 0.25) is 0 Å². The molecule has 23 heavy (non-hydrogen) atoms. The van der Waals surface area contributed by atoms with Crippen molar-refractivity contribution in [3.05, 3.63) is 0 Å². The fraction of sp³-hybridized carbons (Fsp3) is 1.00. The van der Waals surface area contributed by atoms with Gasteiger partial charge in [0.2, 0.25) is 0 Å². The lowest BCUT2D eigenvalue weighted by atomic mass is 10.1. The quantitative estimate of drug-likeness (QED) is 0.772. The van der Waals surface area contributed by atoms with Crippen molar-refractivity contribution in [3.8, 4) is 0 Å². The molecule has 0 spiro atoms. The van der Waals surface area contributed by atoms with Crippen molar-refractivity contribution in [1.29, 1.82) is 0 Å². The van der Waals surface area contributed by atoms with E-state index in [-0.39, 0.29) is 24.4 Å². The van der Waals surface area contributed by atoms with Gasteiger partial charge in [0, 0.05) is 6.61 Å². The van der Waals surface area contributed by atoms with Gasteiger partial charge in [0.25, 0.3) is 0 Å². The molecule has 1 unspecified atom stereocenters. The van der Waals surface area contributed by atoms with Crippen LogP contribution in [-0.4, -0.2) is 55.5 Å². The average Bonchev–Trinajstić information content (AvgIpc) is 3.00. The minimum absolute atomic E-state index is 0.171. The van der Waals surface area contributed by atoms with Crippen LogP contribution in [0.15, 0.2) is 0 Å². The number of ether oxygens (including phenoxy) is 6. The lowest BCUT2D eigenvalue weighted by Gasteiger charge is -2.29. The third-order valence-corrected chi connectivity index (χ3v) is 4.43. The van der Waals surface area contributed by atoms with E-state index in [1.54, 1.807) is 0 Å². The van der Waals surface area contributed by atoms with E-state index >= 15 is 0 Å². The van der Waals surface area contributed by atoms with Gasteiger partial charge in [-0.3, -0.25) is 0 Å². The summed E-state index contributed by atoms with van der Waals surface area (Å²) in [5.41, 5.74) is 0. The molecule has 5 atom stereocenters. The second kappa shape index (κ2) is 6.24. The summed E-state index contributed by atoms with van der Waals surface area (Å²) in [6.45, 7) is 13.1. The number of hydrogen-bond donors (Lipinski definition) is 0. The molecular formula is C17H30O6. The van der Waals surface area contributed by atoms with E-state index in [9.17, 15) is 0 Å². The van der Waals surface area contributed by atoms with Crippen LogP contribution in [0.3, 0.4) is 0 Å². The highest BCUT2D eigenvalue weighted by Gasteiger charge is 2.58. The second-order valence-electron chi connectivity index (χ2n) is 7.95. The fourth-order valence-corrected chi connectivity index (χ4v) is 3.31. The van der Waals surface area contributed by atoms with Crippen LogP contribution in [0.25, 0.3) is 0 Å². The van der Waals surface area contributed by atoms with Gasteiger partial charge in [0.1, 0.15) is 24.4 Å². The normalized spacial score (nSPS) is 41.6. The Morgan fingerprint density at radius 3 is 2.35 bits per heavy atom. The Balaban J connectivity index is 1.68. The first-order valence-corrected chi connectivity index (χ1v) is 8.61. The minimum Gasteiger partial charge on any atom is -0.372 e. The zero-order valence-electron chi connectivity index (χ0n) is 15.0. The van der Waals surface area contributed by atoms with Gasteiger partial charge in [-0.15, -0.1) is 0 Å². The molecule has 6 heteroatoms. The Labute approximate surface area is 138 Å². The summed E-state index contributed by atoms with van der Waals surface area (Å²) >= 11 is 0. The summed E-state index contributed by atoms with van der Waals surface area (Å²) < 4.78 is 35.8. The summed E-state index contributed by atoms with van der Waals surface area (Å²) in [7, 11) is 0. The van der Waals surface area contributed by atoms with Crippen molar-refractivity contribution in [2.75, 3.05) is 13.2 Å². The highest BCUT2D eigenvalue weighted by atomic mass is 16.8. The Hall–Kier alpha value is -0.240. The van der Waals surface area contributed by atoms with Gasteiger partial charge in [-0.05, 0) is 40.0 Å². The monoisotopic (exact) mass is 330 g/mol. The third kappa shape index (κ3) is 3.89. The number of hydrogen-bond acceptors (Lipinski definition) is 6. The van der Waals surface area contributed by atoms with Crippen LogP contribution in [0.5, 0.6) is 0 Å². The molecule has 0 radical (unpaired) electrons. The highest BCUT2D eigenvalue weighted by Crippen LogP contribution is 2.41. The molecule has 3 saturated heterocycles. The molecule has 0 aromatic heterocycles. The van der Waals surface area contributed by atoms with Gasteiger partial charge in [-0.1, -0.05) is 13.8 Å². The molecule has 3 heterocycles. The maximum absolute atomic E-state index is 6.15. The highest BCUT2D eigenvalue weighted by molar-refractivity contribution is 4.98. The van der Waals surface area contributed by atoms with E-state index in [1.807, 2.05) is 27.7 Å². The van der Waals surface area contributed by atoms with Crippen LogP contribution in [0.4, 0.5) is 0 Å². The fourth-order valence-electron chi connectivity index (χ4n) is 3.31. The van der Waals surface area contributed by atoms with Crippen molar-refractivity contribution >= 4 is 0 Å². The van der Waals surface area contributed by atoms with E-state index in [2.05, 4.69) is 13.8 Å². The molecule has 6 nitrogen and oxygen atoms in total. The molecule has 3 fully saturated rings. The van der Waals surface area contributed by atoms with Crippen LogP contribution in [-0.2, 0) is 28.4 Å². The van der Waals surface area contributed by atoms with Crippen LogP contribution in [0.1, 0.15) is 48.0 Å². The van der Waals surface area contributed by atoms with Gasteiger partial charge >= 0.3 is 0 Å². The maximum atomic E-state index is 6.15. The van der Waals surface area contributed by atoms with E-state index in [0.29, 0.717) is 19.1 Å². The molecule has 3 rings (SSSR count). The van der Waals surface area contributed by atoms with Crippen molar-refractivity contribution in [1.82, 2.24) is 0 Å². The van der Waals surface area contributed by atoms with Crippen molar-refractivity contribution in [2.45, 2.75) is 90.2 Å². The van der Waals surface area contributed by atoms with Gasteiger partial charge in [-0.25, -0.2) is 0 Å². The van der Waals surface area contributed by atoms with E-state index in [0.717, 1.165) is 6.42 Å². The first-order chi connectivity index (χ1) is 10.7. The van der Waals surface area contributed by atoms with E-state index < -0.39 is 17.9 Å². The summed E-state index contributed by atoms with van der Waals surface area (Å²) in [6, 6.07) is 0. The lowest BCUT2D eigenvalue weighted by molar-refractivity contribution is -0.236. The first-order valence-electron chi connectivity index (χ1n) is 8.61. The zero-order valence-corrected chi connectivity index (χ0v) is 15.0. The lowest BCUT2D eigenvalue weighted by Crippen LogP contribution is -2.44.